The predicted molar refractivity (Wildman–Crippen MR) is 309 cm³/mol. The normalized spacial score (nSPS) is 14.4. The van der Waals surface area contributed by atoms with E-state index in [9.17, 15) is 19.0 Å². The summed E-state index contributed by atoms with van der Waals surface area (Å²) < 4.78 is 30.6. The molecule has 0 saturated carbocycles. The Kier molecular flexibility index (Phi) is 49.6. The van der Waals surface area contributed by atoms with Crippen molar-refractivity contribution < 1.29 is 37.3 Å². The van der Waals surface area contributed by atoms with E-state index < -0.39 is 20.0 Å². The largest absolute Gasteiger partial charge is 0.472 e. The van der Waals surface area contributed by atoms with Crippen LogP contribution in [0.4, 0.5) is 0 Å². The Morgan fingerprint density at radius 3 is 1.35 bits per heavy atom. The quantitative estimate of drug-likeness (QED) is 0.0205. The maximum absolute atomic E-state index is 13.5. The number of hydrogen-bond acceptors (Lipinski definition) is 6. The Bertz CT molecular complexity index is 1510. The number of carbonyl (C=O) groups is 2. The molecule has 0 fully saturated rings. The van der Waals surface area contributed by atoms with Gasteiger partial charge in [-0.15, -0.1) is 0 Å². The lowest BCUT2D eigenvalue weighted by molar-refractivity contribution is -0.870. The molecule has 3 atom stereocenters. The van der Waals surface area contributed by atoms with E-state index in [0.717, 1.165) is 89.9 Å². The van der Waals surface area contributed by atoms with Gasteiger partial charge in [0.1, 0.15) is 19.3 Å². The van der Waals surface area contributed by atoms with Gasteiger partial charge in [0.05, 0.1) is 33.8 Å². The Labute approximate surface area is 444 Å². The zero-order chi connectivity index (χ0) is 52.9. The number of unbranched alkanes of at least 4 members (excludes halogenated alkanes) is 24. The number of hydrogen-bond donors (Lipinski definition) is 2. The summed E-state index contributed by atoms with van der Waals surface area (Å²) in [4.78, 5) is 37.6. The van der Waals surface area contributed by atoms with Gasteiger partial charge in [-0.1, -0.05) is 235 Å². The fraction of sp³-hybridized carbons (Fsp3) is 0.742. The maximum atomic E-state index is 13.5. The van der Waals surface area contributed by atoms with Crippen molar-refractivity contribution in [3.8, 4) is 0 Å². The molecule has 0 spiro atoms. The van der Waals surface area contributed by atoms with Crippen molar-refractivity contribution in [2.45, 2.75) is 258 Å². The molecule has 1 amide bonds. The van der Waals surface area contributed by atoms with Crippen molar-refractivity contribution in [1.29, 1.82) is 0 Å². The summed E-state index contributed by atoms with van der Waals surface area (Å²) in [6.45, 7) is 6.85. The number of nitrogens with one attached hydrogen (secondary N) is 1. The second-order valence-corrected chi connectivity index (χ2v) is 22.2. The minimum atomic E-state index is -4.46. The number of phosphoric ester groups is 1. The second kappa shape index (κ2) is 51.7. The van der Waals surface area contributed by atoms with Gasteiger partial charge in [0.2, 0.25) is 5.91 Å². The number of carbonyl (C=O) groups excluding carboxylic acids is 2. The van der Waals surface area contributed by atoms with Gasteiger partial charge in [-0.3, -0.25) is 18.6 Å². The molecule has 0 aliphatic rings. The van der Waals surface area contributed by atoms with E-state index in [0.29, 0.717) is 17.4 Å². The first-order valence-electron chi connectivity index (χ1n) is 29.4. The van der Waals surface area contributed by atoms with Crippen LogP contribution in [0.15, 0.2) is 85.1 Å². The van der Waals surface area contributed by atoms with Crippen LogP contribution in [0.5, 0.6) is 0 Å². The number of amides is 1. The number of esters is 1. The standard InChI is InChI=1S/C62H111N2O7P/c1-7-10-13-16-19-22-25-27-29-30-31-32-33-34-35-36-39-42-45-48-51-54-61(65)63-59(58-70-72(67,68)69-57-56-64(4,5)6)60(53-50-47-44-41-38-24-21-18-15-12-9-3)71-62(66)55-52-49-46-43-40-37-28-26-23-20-17-14-11-8-2/h10,13,19,22,27,29,31-32,34-35,39,42,50,53,59-60H,7-9,11-12,14-18,20-21,23-26,28,30,33,36-38,40-41,43-49,51-52,54-58H2,1-6H3,(H-,63,65,67,68)/p+1/b13-10-,22-19-,29-27-,32-31-,35-34-,42-39-,53-50-. The van der Waals surface area contributed by atoms with Gasteiger partial charge in [0, 0.05) is 12.8 Å². The highest BCUT2D eigenvalue weighted by Crippen LogP contribution is 2.43. The zero-order valence-electron chi connectivity index (χ0n) is 47.4. The lowest BCUT2D eigenvalue weighted by atomic mass is 10.0. The molecule has 2 N–H and O–H groups in total. The van der Waals surface area contributed by atoms with Crippen LogP contribution in [0.1, 0.15) is 245 Å². The average Bonchev–Trinajstić information content (AvgIpc) is 3.34. The summed E-state index contributed by atoms with van der Waals surface area (Å²) in [7, 11) is 1.46. The Morgan fingerprint density at radius 1 is 0.500 bits per heavy atom. The minimum absolute atomic E-state index is 0.0291. The van der Waals surface area contributed by atoms with Gasteiger partial charge in [0.15, 0.2) is 0 Å². The Balaban J connectivity index is 5.35. The number of quaternary nitrogens is 1. The highest BCUT2D eigenvalue weighted by atomic mass is 31.2. The van der Waals surface area contributed by atoms with E-state index in [-0.39, 0.29) is 37.9 Å². The molecule has 0 aliphatic carbocycles. The van der Waals surface area contributed by atoms with Crippen molar-refractivity contribution in [2.75, 3.05) is 40.9 Å². The van der Waals surface area contributed by atoms with Crippen molar-refractivity contribution in [2.24, 2.45) is 0 Å². The number of allylic oxidation sites excluding steroid dienone is 13. The summed E-state index contributed by atoms with van der Waals surface area (Å²) in [6.07, 6.45) is 67.2. The van der Waals surface area contributed by atoms with Gasteiger partial charge in [-0.2, -0.15) is 0 Å². The van der Waals surface area contributed by atoms with Gasteiger partial charge in [0.25, 0.3) is 0 Å². The Hall–Kier alpha value is -2.81. The summed E-state index contributed by atoms with van der Waals surface area (Å²) in [5, 5.41) is 3.02. The minimum Gasteiger partial charge on any atom is -0.456 e. The molecule has 10 heteroatoms. The molecule has 3 unspecified atom stereocenters. The van der Waals surface area contributed by atoms with E-state index in [4.69, 9.17) is 13.8 Å². The van der Waals surface area contributed by atoms with Gasteiger partial charge < -0.3 is 19.4 Å². The van der Waals surface area contributed by atoms with Gasteiger partial charge in [-0.05, 0) is 83.1 Å². The third-order valence-electron chi connectivity index (χ3n) is 12.6. The SMILES string of the molecule is CC/C=C\C/C=C\C/C=C\C/C=C\C/C=C\C/C=C\CCCCC(=O)NC(COP(=O)(O)OCC[N+](C)(C)C)C(/C=C\CCCCCCCCCCC)OC(=O)CCCCCCCCCCCCCCCC. The van der Waals surface area contributed by atoms with Crippen LogP contribution >= 0.6 is 7.82 Å². The molecule has 72 heavy (non-hydrogen) atoms. The van der Waals surface area contributed by atoms with Crippen LogP contribution in [0, 0.1) is 0 Å². The van der Waals surface area contributed by atoms with Crippen LogP contribution in [-0.2, 0) is 27.9 Å². The molecule has 0 heterocycles. The molecule has 0 bridgehead atoms. The first-order valence-corrected chi connectivity index (χ1v) is 30.9. The lowest BCUT2D eigenvalue weighted by Crippen LogP contribution is -2.47. The van der Waals surface area contributed by atoms with Crippen LogP contribution < -0.4 is 5.32 Å². The number of rotatable bonds is 52. The first kappa shape index (κ1) is 69.2. The van der Waals surface area contributed by atoms with Gasteiger partial charge >= 0.3 is 13.8 Å². The molecular weight excluding hydrogens is 916 g/mol. The zero-order valence-corrected chi connectivity index (χ0v) is 48.3. The van der Waals surface area contributed by atoms with E-state index in [2.05, 4.69) is 99.0 Å². The van der Waals surface area contributed by atoms with Crippen LogP contribution in [-0.4, -0.2) is 74.3 Å². The van der Waals surface area contributed by atoms with E-state index >= 15 is 0 Å². The molecule has 0 radical (unpaired) electrons. The number of phosphoric acid groups is 1. The molecule has 0 aromatic rings. The van der Waals surface area contributed by atoms with Crippen molar-refractivity contribution in [1.82, 2.24) is 5.32 Å². The second-order valence-electron chi connectivity index (χ2n) is 20.8. The molecule has 9 nitrogen and oxygen atoms in total. The summed E-state index contributed by atoms with van der Waals surface area (Å²) >= 11 is 0. The van der Waals surface area contributed by atoms with Crippen LogP contribution in [0.2, 0.25) is 0 Å². The average molecular weight is 1030 g/mol. The molecule has 416 valence electrons. The Morgan fingerprint density at radius 2 is 0.889 bits per heavy atom. The number of likely N-dealkylation sites (N-methyl/N-ethyl adjacent to an activating group) is 1. The van der Waals surface area contributed by atoms with Gasteiger partial charge in [-0.25, -0.2) is 4.57 Å². The third-order valence-corrected chi connectivity index (χ3v) is 13.6. The lowest BCUT2D eigenvalue weighted by Gasteiger charge is -2.27. The van der Waals surface area contributed by atoms with E-state index in [1.807, 2.05) is 33.3 Å². The summed E-state index contributed by atoms with van der Waals surface area (Å²) in [6, 6.07) is -0.872. The molecule has 0 saturated heterocycles. The highest BCUT2D eigenvalue weighted by molar-refractivity contribution is 7.47. The first-order chi connectivity index (χ1) is 34.9. The summed E-state index contributed by atoms with van der Waals surface area (Å²) in [5.74, 6) is -0.556. The van der Waals surface area contributed by atoms with E-state index in [1.54, 1.807) is 0 Å². The monoisotopic (exact) mass is 1030 g/mol. The molecule has 0 aromatic carbocycles. The van der Waals surface area contributed by atoms with Crippen molar-refractivity contribution in [3.05, 3.63) is 85.1 Å². The third kappa shape index (κ3) is 52.1. The molecule has 0 aliphatic heterocycles. The fourth-order valence-electron chi connectivity index (χ4n) is 8.06. The fourth-order valence-corrected chi connectivity index (χ4v) is 8.80. The molecular formula is C62H112N2O7P+. The predicted octanol–water partition coefficient (Wildman–Crippen LogP) is 17.8. The van der Waals surface area contributed by atoms with Crippen molar-refractivity contribution >= 4 is 19.7 Å². The summed E-state index contributed by atoms with van der Waals surface area (Å²) in [5.41, 5.74) is 0. The number of nitrogens with zero attached hydrogens (tertiary/aromatic N) is 1. The highest BCUT2D eigenvalue weighted by Gasteiger charge is 2.30. The van der Waals surface area contributed by atoms with E-state index in [1.165, 1.54) is 116 Å². The van der Waals surface area contributed by atoms with Crippen LogP contribution in [0.3, 0.4) is 0 Å². The topological polar surface area (TPSA) is 111 Å². The smallest absolute Gasteiger partial charge is 0.456 e. The van der Waals surface area contributed by atoms with Crippen molar-refractivity contribution in [3.63, 3.8) is 0 Å². The molecule has 0 rings (SSSR count). The maximum Gasteiger partial charge on any atom is 0.472 e. The number of ether oxygens (including phenoxy) is 1. The van der Waals surface area contributed by atoms with Crippen LogP contribution in [0.25, 0.3) is 0 Å². The molecule has 0 aromatic heterocycles.